The number of hydrogen-bond donors (Lipinski definition) is 0. The molecule has 0 amide bonds. The Morgan fingerprint density at radius 2 is 1.93 bits per heavy atom. The number of rotatable bonds is 1. The van der Waals surface area contributed by atoms with Crippen LogP contribution in [0, 0.1) is 12.7 Å². The van der Waals surface area contributed by atoms with E-state index >= 15 is 0 Å². The number of aryl methyl sites for hydroxylation is 1. The van der Waals surface area contributed by atoms with Gasteiger partial charge in [-0.1, -0.05) is 0 Å². The molecule has 1 heterocycles. The number of benzene rings is 1. The van der Waals surface area contributed by atoms with Crippen LogP contribution in [0.3, 0.4) is 0 Å². The van der Waals surface area contributed by atoms with Crippen molar-refractivity contribution >= 4 is 11.6 Å². The summed E-state index contributed by atoms with van der Waals surface area (Å²) in [5.41, 5.74) is 0.692. The van der Waals surface area contributed by atoms with Crippen LogP contribution in [-0.2, 0) is 0 Å². The summed E-state index contributed by atoms with van der Waals surface area (Å²) in [6, 6.07) is 5.88. The fraction of sp³-hybridized carbons (Fsp3) is 0.111. The molecule has 0 saturated heterocycles. The summed E-state index contributed by atoms with van der Waals surface area (Å²) in [6.45, 7) is 1.74. The smallest absolute Gasteiger partial charge is 0.207 e. The zero-order valence-corrected chi connectivity index (χ0v) is 8.16. The molecule has 14 heavy (non-hydrogen) atoms. The Hall–Kier alpha value is -1.42. The Balaban J connectivity index is 2.49. The van der Waals surface area contributed by atoms with E-state index in [9.17, 15) is 4.39 Å². The van der Waals surface area contributed by atoms with Crippen LogP contribution in [0.2, 0.25) is 5.28 Å². The summed E-state index contributed by atoms with van der Waals surface area (Å²) in [5, 5.41) is 4.33. The highest BCUT2D eigenvalue weighted by atomic mass is 35.5. The number of halogens is 2. The van der Waals surface area contributed by atoms with E-state index in [1.54, 1.807) is 19.1 Å². The van der Waals surface area contributed by atoms with Crippen molar-refractivity contribution in [1.29, 1.82) is 0 Å². The molecular formula is C9H7ClFN3. The van der Waals surface area contributed by atoms with Crippen LogP contribution in [0.25, 0.3) is 5.69 Å². The van der Waals surface area contributed by atoms with Crippen molar-refractivity contribution < 1.29 is 4.39 Å². The molecule has 72 valence electrons. The summed E-state index contributed by atoms with van der Waals surface area (Å²) in [5.74, 6) is 0.293. The Bertz CT molecular complexity index is 450. The van der Waals surface area contributed by atoms with Crippen LogP contribution >= 0.6 is 11.6 Å². The van der Waals surface area contributed by atoms with Crippen molar-refractivity contribution in [3.05, 3.63) is 41.2 Å². The molecule has 0 aliphatic rings. The topological polar surface area (TPSA) is 30.7 Å². The van der Waals surface area contributed by atoms with Crippen LogP contribution < -0.4 is 0 Å². The van der Waals surface area contributed by atoms with Crippen LogP contribution in [0.15, 0.2) is 24.3 Å². The molecule has 1 aromatic heterocycles. The molecular weight excluding hydrogens is 205 g/mol. The first kappa shape index (κ1) is 9.15. The van der Waals surface area contributed by atoms with Gasteiger partial charge in [0.15, 0.2) is 0 Å². The molecule has 0 fully saturated rings. The van der Waals surface area contributed by atoms with Crippen molar-refractivity contribution in [3.8, 4) is 5.69 Å². The molecule has 0 N–H and O–H groups in total. The van der Waals surface area contributed by atoms with Crippen LogP contribution in [0.4, 0.5) is 4.39 Å². The second-order valence-electron chi connectivity index (χ2n) is 2.82. The normalized spacial score (nSPS) is 10.5. The Morgan fingerprint density at radius 1 is 1.29 bits per heavy atom. The first-order valence-corrected chi connectivity index (χ1v) is 4.40. The number of aromatic nitrogens is 3. The quantitative estimate of drug-likeness (QED) is 0.725. The minimum Gasteiger partial charge on any atom is -0.207 e. The van der Waals surface area contributed by atoms with Crippen molar-refractivity contribution in [2.45, 2.75) is 6.92 Å². The summed E-state index contributed by atoms with van der Waals surface area (Å²) in [6.07, 6.45) is 0. The molecule has 0 radical (unpaired) electrons. The SMILES string of the molecule is Cc1nc(Cl)n(-c2ccc(F)cc2)n1. The van der Waals surface area contributed by atoms with Gasteiger partial charge < -0.3 is 0 Å². The van der Waals surface area contributed by atoms with Crippen LogP contribution in [0.5, 0.6) is 0 Å². The largest absolute Gasteiger partial charge is 0.225 e. The molecule has 0 bridgehead atoms. The summed E-state index contributed by atoms with van der Waals surface area (Å²) in [4.78, 5) is 3.93. The summed E-state index contributed by atoms with van der Waals surface area (Å²) >= 11 is 5.81. The minimum atomic E-state index is -0.290. The third kappa shape index (κ3) is 1.61. The Morgan fingerprint density at radius 3 is 2.43 bits per heavy atom. The fourth-order valence-corrected chi connectivity index (χ4v) is 1.39. The highest BCUT2D eigenvalue weighted by Crippen LogP contribution is 2.13. The van der Waals surface area contributed by atoms with Crippen molar-refractivity contribution in [2.24, 2.45) is 0 Å². The Kier molecular flexibility index (Phi) is 2.21. The van der Waals surface area contributed by atoms with Gasteiger partial charge in [0.1, 0.15) is 11.6 Å². The van der Waals surface area contributed by atoms with Gasteiger partial charge in [-0.15, -0.1) is 0 Å². The summed E-state index contributed by atoms with van der Waals surface area (Å²) < 4.78 is 14.1. The molecule has 2 rings (SSSR count). The maximum Gasteiger partial charge on any atom is 0.225 e. The predicted molar refractivity (Wildman–Crippen MR) is 51.1 cm³/mol. The highest BCUT2D eigenvalue weighted by Gasteiger charge is 2.05. The van der Waals surface area contributed by atoms with E-state index in [1.165, 1.54) is 16.8 Å². The van der Waals surface area contributed by atoms with Crippen LogP contribution in [0.1, 0.15) is 5.82 Å². The molecule has 5 heteroatoms. The van der Waals surface area contributed by atoms with Gasteiger partial charge in [0, 0.05) is 0 Å². The molecule has 3 nitrogen and oxygen atoms in total. The van der Waals surface area contributed by atoms with Gasteiger partial charge in [-0.3, -0.25) is 0 Å². The maximum absolute atomic E-state index is 12.6. The van der Waals surface area contributed by atoms with Crippen molar-refractivity contribution in [2.75, 3.05) is 0 Å². The van der Waals surface area contributed by atoms with Gasteiger partial charge in [0.25, 0.3) is 0 Å². The average Bonchev–Trinajstić information content (AvgIpc) is 2.47. The van der Waals surface area contributed by atoms with E-state index in [4.69, 9.17) is 11.6 Å². The average molecular weight is 212 g/mol. The van der Waals surface area contributed by atoms with E-state index in [2.05, 4.69) is 10.1 Å². The second kappa shape index (κ2) is 3.38. The molecule has 0 atom stereocenters. The molecule has 0 saturated carbocycles. The third-order valence-corrected chi connectivity index (χ3v) is 1.99. The zero-order valence-electron chi connectivity index (χ0n) is 7.41. The highest BCUT2D eigenvalue weighted by molar-refractivity contribution is 6.28. The third-order valence-electron chi connectivity index (χ3n) is 1.74. The first-order chi connectivity index (χ1) is 6.66. The standard InChI is InChI=1S/C9H7ClFN3/c1-6-12-9(10)14(13-6)8-4-2-7(11)3-5-8/h2-5H,1H3. The van der Waals surface area contributed by atoms with Gasteiger partial charge in [0.05, 0.1) is 5.69 Å². The van der Waals surface area contributed by atoms with E-state index < -0.39 is 0 Å². The van der Waals surface area contributed by atoms with Gasteiger partial charge in [-0.2, -0.15) is 5.10 Å². The maximum atomic E-state index is 12.6. The van der Waals surface area contributed by atoms with Gasteiger partial charge in [-0.05, 0) is 42.8 Å². The molecule has 0 spiro atoms. The molecule has 0 unspecified atom stereocenters. The van der Waals surface area contributed by atoms with Crippen LogP contribution in [-0.4, -0.2) is 14.8 Å². The lowest BCUT2D eigenvalue weighted by atomic mass is 10.3. The van der Waals surface area contributed by atoms with E-state index in [-0.39, 0.29) is 11.1 Å². The molecule has 1 aromatic carbocycles. The molecule has 0 aliphatic heterocycles. The zero-order chi connectivity index (χ0) is 10.1. The van der Waals surface area contributed by atoms with Gasteiger partial charge in [0.2, 0.25) is 5.28 Å². The molecule has 0 aliphatic carbocycles. The number of hydrogen-bond acceptors (Lipinski definition) is 2. The van der Waals surface area contributed by atoms with Crippen molar-refractivity contribution in [3.63, 3.8) is 0 Å². The van der Waals surface area contributed by atoms with Crippen molar-refractivity contribution in [1.82, 2.24) is 14.8 Å². The fourth-order valence-electron chi connectivity index (χ4n) is 1.14. The summed E-state index contributed by atoms with van der Waals surface area (Å²) in [7, 11) is 0. The lowest BCUT2D eigenvalue weighted by Gasteiger charge is -2.00. The van der Waals surface area contributed by atoms with Gasteiger partial charge >= 0.3 is 0 Å². The lowest BCUT2D eigenvalue weighted by molar-refractivity contribution is 0.627. The monoisotopic (exact) mass is 211 g/mol. The Labute approximate surface area is 85.1 Å². The van der Waals surface area contributed by atoms with Gasteiger partial charge in [-0.25, -0.2) is 14.1 Å². The van der Waals surface area contributed by atoms with E-state index in [0.29, 0.717) is 11.5 Å². The second-order valence-corrected chi connectivity index (χ2v) is 3.15. The van der Waals surface area contributed by atoms with E-state index in [1.807, 2.05) is 0 Å². The lowest BCUT2D eigenvalue weighted by Crippen LogP contribution is -1.96. The minimum absolute atomic E-state index is 0.272. The number of nitrogens with zero attached hydrogens (tertiary/aromatic N) is 3. The first-order valence-electron chi connectivity index (χ1n) is 4.02. The molecule has 2 aromatic rings. The predicted octanol–water partition coefficient (Wildman–Crippen LogP) is 2.37. The van der Waals surface area contributed by atoms with E-state index in [0.717, 1.165) is 0 Å².